The summed E-state index contributed by atoms with van der Waals surface area (Å²) in [7, 11) is 0. The summed E-state index contributed by atoms with van der Waals surface area (Å²) in [5, 5.41) is 3.29. The second-order valence-corrected chi connectivity index (χ2v) is 6.23. The minimum Gasteiger partial charge on any atom is -0.340 e. The molecule has 0 radical (unpaired) electrons. The van der Waals surface area contributed by atoms with Gasteiger partial charge in [-0.25, -0.2) is 4.39 Å². The first-order chi connectivity index (χ1) is 10.7. The lowest BCUT2D eigenvalue weighted by atomic mass is 10.2. The van der Waals surface area contributed by atoms with E-state index in [2.05, 4.69) is 10.2 Å². The zero-order chi connectivity index (χ0) is 15.4. The van der Waals surface area contributed by atoms with E-state index in [4.69, 9.17) is 0 Å². The Morgan fingerprint density at radius 2 is 1.91 bits per heavy atom. The Morgan fingerprint density at radius 1 is 1.13 bits per heavy atom. The van der Waals surface area contributed by atoms with Crippen LogP contribution in [0.1, 0.15) is 24.8 Å². The monoisotopic (exact) mass is 341 g/mol. The molecule has 0 spiro atoms. The van der Waals surface area contributed by atoms with Crippen LogP contribution < -0.4 is 5.32 Å². The SMILES string of the molecule is Cl.O=C(C1CCCN1)N1CCCN(Cc2ccc(F)cc2)CC1. The van der Waals surface area contributed by atoms with Gasteiger partial charge in [-0.3, -0.25) is 9.69 Å². The van der Waals surface area contributed by atoms with Crippen molar-refractivity contribution in [3.05, 3.63) is 35.6 Å². The summed E-state index contributed by atoms with van der Waals surface area (Å²) in [4.78, 5) is 16.8. The lowest BCUT2D eigenvalue weighted by molar-refractivity contribution is -0.132. The average molecular weight is 342 g/mol. The van der Waals surface area contributed by atoms with Gasteiger partial charge < -0.3 is 10.2 Å². The summed E-state index contributed by atoms with van der Waals surface area (Å²) < 4.78 is 13.0. The number of nitrogens with zero attached hydrogens (tertiary/aromatic N) is 2. The highest BCUT2D eigenvalue weighted by Gasteiger charge is 2.28. The van der Waals surface area contributed by atoms with Gasteiger partial charge in [0.05, 0.1) is 6.04 Å². The van der Waals surface area contributed by atoms with Gasteiger partial charge in [0, 0.05) is 32.7 Å². The van der Waals surface area contributed by atoms with Gasteiger partial charge >= 0.3 is 0 Å². The maximum absolute atomic E-state index is 13.0. The van der Waals surface area contributed by atoms with E-state index < -0.39 is 0 Å². The molecule has 6 heteroatoms. The van der Waals surface area contributed by atoms with Crippen LogP contribution in [0.15, 0.2) is 24.3 Å². The zero-order valence-corrected chi connectivity index (χ0v) is 14.2. The molecule has 128 valence electrons. The smallest absolute Gasteiger partial charge is 0.239 e. The number of hydrogen-bond donors (Lipinski definition) is 1. The summed E-state index contributed by atoms with van der Waals surface area (Å²) in [6.07, 6.45) is 3.06. The Balaban J connectivity index is 0.00000192. The maximum Gasteiger partial charge on any atom is 0.239 e. The molecular formula is C17H25ClFN3O. The molecule has 2 heterocycles. The molecule has 2 fully saturated rings. The van der Waals surface area contributed by atoms with E-state index in [1.54, 1.807) is 0 Å². The van der Waals surface area contributed by atoms with Crippen LogP contribution in [0.2, 0.25) is 0 Å². The molecule has 1 atom stereocenters. The molecule has 1 aromatic carbocycles. The van der Waals surface area contributed by atoms with Crippen molar-refractivity contribution in [2.24, 2.45) is 0 Å². The minimum atomic E-state index is -0.194. The molecule has 1 unspecified atom stereocenters. The number of benzene rings is 1. The van der Waals surface area contributed by atoms with Gasteiger partial charge in [-0.05, 0) is 43.5 Å². The van der Waals surface area contributed by atoms with E-state index in [9.17, 15) is 9.18 Å². The first-order valence-corrected chi connectivity index (χ1v) is 8.21. The van der Waals surface area contributed by atoms with Crippen LogP contribution >= 0.6 is 12.4 Å². The second-order valence-electron chi connectivity index (χ2n) is 6.23. The fourth-order valence-corrected chi connectivity index (χ4v) is 3.31. The molecule has 4 nitrogen and oxygen atoms in total. The third kappa shape index (κ3) is 4.90. The van der Waals surface area contributed by atoms with Crippen molar-refractivity contribution in [1.82, 2.24) is 15.1 Å². The van der Waals surface area contributed by atoms with Crippen LogP contribution in [0, 0.1) is 5.82 Å². The molecule has 2 aliphatic rings. The Morgan fingerprint density at radius 3 is 2.61 bits per heavy atom. The first-order valence-electron chi connectivity index (χ1n) is 8.21. The predicted octanol–water partition coefficient (Wildman–Crippen LogP) is 2.03. The van der Waals surface area contributed by atoms with Crippen molar-refractivity contribution in [1.29, 1.82) is 0 Å². The Labute approximate surface area is 143 Å². The van der Waals surface area contributed by atoms with Crippen LogP contribution in [-0.4, -0.2) is 54.5 Å². The fourth-order valence-electron chi connectivity index (χ4n) is 3.31. The molecule has 2 saturated heterocycles. The number of halogens is 2. The van der Waals surface area contributed by atoms with Crippen molar-refractivity contribution in [3.63, 3.8) is 0 Å². The summed E-state index contributed by atoms with van der Waals surface area (Å²) in [6, 6.07) is 6.73. The number of carbonyl (C=O) groups is 1. The molecule has 0 bridgehead atoms. The highest BCUT2D eigenvalue weighted by atomic mass is 35.5. The van der Waals surface area contributed by atoms with Crippen molar-refractivity contribution in [3.8, 4) is 0 Å². The highest BCUT2D eigenvalue weighted by Crippen LogP contribution is 2.13. The summed E-state index contributed by atoms with van der Waals surface area (Å²) in [5.74, 6) is 0.0709. The second kappa shape index (κ2) is 8.62. The Hall–Kier alpha value is -1.17. The van der Waals surface area contributed by atoms with Crippen molar-refractivity contribution in [2.45, 2.75) is 31.8 Å². The first kappa shape index (κ1) is 18.2. The van der Waals surface area contributed by atoms with Crippen molar-refractivity contribution >= 4 is 18.3 Å². The lowest BCUT2D eigenvalue weighted by Gasteiger charge is -2.24. The van der Waals surface area contributed by atoms with Gasteiger partial charge in [-0.2, -0.15) is 0 Å². The Bertz CT molecular complexity index is 505. The maximum atomic E-state index is 13.0. The molecule has 1 amide bonds. The molecular weight excluding hydrogens is 317 g/mol. The fraction of sp³-hybridized carbons (Fsp3) is 0.588. The summed E-state index contributed by atoms with van der Waals surface area (Å²) in [5.41, 5.74) is 1.12. The van der Waals surface area contributed by atoms with Crippen molar-refractivity contribution in [2.75, 3.05) is 32.7 Å². The van der Waals surface area contributed by atoms with Gasteiger partial charge in [0.1, 0.15) is 5.82 Å². The van der Waals surface area contributed by atoms with Gasteiger partial charge in [0.2, 0.25) is 5.91 Å². The Kier molecular flexibility index (Phi) is 6.81. The number of rotatable bonds is 3. The minimum absolute atomic E-state index is 0. The van der Waals surface area contributed by atoms with Crippen molar-refractivity contribution < 1.29 is 9.18 Å². The third-order valence-electron chi connectivity index (χ3n) is 4.58. The van der Waals surface area contributed by atoms with E-state index in [0.717, 1.165) is 64.1 Å². The van der Waals surface area contributed by atoms with Crippen LogP contribution in [0.4, 0.5) is 4.39 Å². The van der Waals surface area contributed by atoms with E-state index in [1.165, 1.54) is 12.1 Å². The third-order valence-corrected chi connectivity index (χ3v) is 4.58. The van der Waals surface area contributed by atoms with Crippen LogP contribution in [0.5, 0.6) is 0 Å². The lowest BCUT2D eigenvalue weighted by Crippen LogP contribution is -2.45. The van der Waals surface area contributed by atoms with Crippen LogP contribution in [0.25, 0.3) is 0 Å². The number of nitrogens with one attached hydrogen (secondary N) is 1. The zero-order valence-electron chi connectivity index (χ0n) is 13.3. The number of hydrogen-bond acceptors (Lipinski definition) is 3. The van der Waals surface area contributed by atoms with E-state index in [-0.39, 0.29) is 30.2 Å². The molecule has 23 heavy (non-hydrogen) atoms. The molecule has 0 saturated carbocycles. The topological polar surface area (TPSA) is 35.6 Å². The molecule has 3 rings (SSSR count). The molecule has 1 aromatic rings. The van der Waals surface area contributed by atoms with Crippen LogP contribution in [-0.2, 0) is 11.3 Å². The average Bonchev–Trinajstić information content (AvgIpc) is 2.96. The van der Waals surface area contributed by atoms with Gasteiger partial charge in [-0.1, -0.05) is 12.1 Å². The molecule has 1 N–H and O–H groups in total. The van der Waals surface area contributed by atoms with Gasteiger partial charge in [0.25, 0.3) is 0 Å². The normalized spacial score (nSPS) is 22.5. The van der Waals surface area contributed by atoms with Gasteiger partial charge in [0.15, 0.2) is 0 Å². The largest absolute Gasteiger partial charge is 0.340 e. The quantitative estimate of drug-likeness (QED) is 0.913. The standard InChI is InChI=1S/C17H24FN3O.ClH/c18-15-6-4-14(5-7-15)13-20-9-2-10-21(12-11-20)17(22)16-3-1-8-19-16;/h4-7,16,19H,1-3,8-13H2;1H. The van der Waals surface area contributed by atoms with E-state index in [0.29, 0.717) is 0 Å². The number of carbonyl (C=O) groups excluding carboxylic acids is 1. The summed E-state index contributed by atoms with van der Waals surface area (Å²) in [6.45, 7) is 5.29. The number of amides is 1. The van der Waals surface area contributed by atoms with E-state index >= 15 is 0 Å². The summed E-state index contributed by atoms with van der Waals surface area (Å²) >= 11 is 0. The van der Waals surface area contributed by atoms with E-state index in [1.807, 2.05) is 17.0 Å². The van der Waals surface area contributed by atoms with Gasteiger partial charge in [-0.15, -0.1) is 12.4 Å². The van der Waals surface area contributed by atoms with Crippen LogP contribution in [0.3, 0.4) is 0 Å². The predicted molar refractivity (Wildman–Crippen MR) is 91.1 cm³/mol. The molecule has 2 aliphatic heterocycles. The molecule has 0 aromatic heterocycles. The highest BCUT2D eigenvalue weighted by molar-refractivity contribution is 5.85. The molecule has 0 aliphatic carbocycles.